The second kappa shape index (κ2) is 16.6. The third kappa shape index (κ3) is 36100. The van der Waals surface area contributed by atoms with Crippen molar-refractivity contribution >= 4 is 35.3 Å². The normalized spacial score (nSPS) is 4.29. The number of hydrogen-bond donors (Lipinski definition) is 3. The number of urea groups is 1. The Balaban J connectivity index is -0.0000000480. The van der Waals surface area contributed by atoms with Crippen molar-refractivity contribution in [3.63, 3.8) is 0 Å². The van der Waals surface area contributed by atoms with Crippen LogP contribution < -0.4 is 11.5 Å². The smallest absolute Gasteiger partial charge is 0.309 e. The quantitative estimate of drug-likeness (QED) is 0.367. The Morgan fingerprint density at radius 3 is 1.43 bits per heavy atom. The predicted molar refractivity (Wildman–Crippen MR) is 27.6 cm³/mol. The Kier molecular flexibility index (Phi) is 37.3. The highest BCUT2D eigenvalue weighted by atomic mass is 35.5. The second-order valence-corrected chi connectivity index (χ2v) is 0.402. The van der Waals surface area contributed by atoms with Crippen LogP contribution in [0.15, 0.2) is 0 Å². The molecule has 6 heteroatoms. The van der Waals surface area contributed by atoms with Crippen molar-refractivity contribution in [3.05, 3.63) is 0 Å². The van der Waals surface area contributed by atoms with Crippen LogP contribution in [0.1, 0.15) is 0 Å². The first-order valence-corrected chi connectivity index (χ1v) is 1.29. The average molecular weight is 139 g/mol. The summed E-state index contributed by atoms with van der Waals surface area (Å²) in [7, 11) is 0. The Morgan fingerprint density at radius 1 is 1.43 bits per heavy atom. The highest BCUT2D eigenvalue weighted by Gasteiger charge is 1.60. The van der Waals surface area contributed by atoms with Crippen LogP contribution in [0.25, 0.3) is 0 Å². The number of primary amides is 2. The molecule has 41 valence electrons. The van der Waals surface area contributed by atoms with E-state index >= 15 is 0 Å². The van der Waals surface area contributed by atoms with E-state index in [1.807, 2.05) is 0 Å². The summed E-state index contributed by atoms with van der Waals surface area (Å²) in [5.74, 6) is 0. The van der Waals surface area contributed by atoms with Crippen molar-refractivity contribution in [2.75, 3.05) is 0 Å². The van der Waals surface area contributed by atoms with Gasteiger partial charge in [-0.1, -0.05) is 0 Å². The molecule has 0 atom stereocenters. The molecule has 0 aromatic carbocycles. The van der Waals surface area contributed by atoms with Crippen LogP contribution in [0.2, 0.25) is 0 Å². The van der Waals surface area contributed by atoms with Crippen molar-refractivity contribution in [2.24, 2.45) is 11.5 Å². The van der Waals surface area contributed by atoms with Crippen LogP contribution in [-0.2, 0) is 0 Å². The lowest BCUT2D eigenvalue weighted by Crippen LogP contribution is -2.18. The molecule has 0 rings (SSSR count). The molecule has 0 unspecified atom stereocenters. The van der Waals surface area contributed by atoms with E-state index < -0.39 is 6.03 Å². The lowest BCUT2D eigenvalue weighted by atomic mass is 11.2. The number of rotatable bonds is 0. The number of carbonyl (C=O) groups excluding carboxylic acids is 1. The van der Waals surface area contributed by atoms with Gasteiger partial charge in [-0.25, -0.2) is 4.79 Å². The highest BCUT2D eigenvalue weighted by molar-refractivity contribution is 6.04. The molecule has 4 nitrogen and oxygen atoms in total. The standard InChI is InChI=1S/CH4N2O.Al.ClHO/c2-1(3)4;;1-2/h(H4,2,3,4);;2H. The zero-order valence-electron chi connectivity index (χ0n) is 3.47. The van der Waals surface area contributed by atoms with Crippen LogP contribution in [0.3, 0.4) is 0 Å². The van der Waals surface area contributed by atoms with Crippen LogP contribution in [0.5, 0.6) is 0 Å². The molecule has 2 amide bonds. The molecule has 0 spiro atoms. The first kappa shape index (κ1) is 15.7. The Bertz CT molecular complexity index is 38.7. The summed E-state index contributed by atoms with van der Waals surface area (Å²) in [5.41, 5.74) is 8.50. The van der Waals surface area contributed by atoms with E-state index in [1.165, 1.54) is 0 Å². The fourth-order valence-corrected chi connectivity index (χ4v) is 0. The predicted octanol–water partition coefficient (Wildman–Crippen LogP) is -1.22. The fraction of sp³-hybridized carbons (Fsp3) is 0. The van der Waals surface area contributed by atoms with Crippen molar-refractivity contribution in [2.45, 2.75) is 0 Å². The summed E-state index contributed by atoms with van der Waals surface area (Å²) in [5, 5.41) is 0. The van der Waals surface area contributed by atoms with Gasteiger partial charge in [-0.15, -0.1) is 0 Å². The summed E-state index contributed by atoms with van der Waals surface area (Å²) in [6.45, 7) is 0. The lowest BCUT2D eigenvalue weighted by Gasteiger charge is -1.62. The molecule has 0 aliphatic heterocycles. The van der Waals surface area contributed by atoms with Gasteiger partial charge in [0.1, 0.15) is 0 Å². The van der Waals surface area contributed by atoms with Crippen LogP contribution in [-0.4, -0.2) is 28.1 Å². The summed E-state index contributed by atoms with van der Waals surface area (Å²) in [6, 6.07) is -0.833. The Labute approximate surface area is 56.7 Å². The average Bonchev–Trinajstić information content (AvgIpc) is 1.41. The minimum Gasteiger partial charge on any atom is -0.352 e. The zero-order valence-corrected chi connectivity index (χ0v) is 5.38. The SMILES string of the molecule is NC(N)=O.OCl.[Al]. The molecule has 0 bridgehead atoms. The molecule has 0 fully saturated rings. The first-order valence-electron chi connectivity index (χ1n) is 0.951. The van der Waals surface area contributed by atoms with Gasteiger partial charge in [0, 0.05) is 17.4 Å². The van der Waals surface area contributed by atoms with Crippen molar-refractivity contribution in [3.8, 4) is 0 Å². The van der Waals surface area contributed by atoms with Crippen molar-refractivity contribution in [1.82, 2.24) is 0 Å². The molecule has 0 heterocycles. The number of halogens is 1. The molecule has 3 radical (unpaired) electrons. The Hall–Kier alpha value is 0.0525. The van der Waals surface area contributed by atoms with E-state index in [9.17, 15) is 0 Å². The largest absolute Gasteiger partial charge is 0.352 e. The number of nitrogens with two attached hydrogens (primary N) is 2. The van der Waals surface area contributed by atoms with Gasteiger partial charge in [0.15, 0.2) is 0 Å². The van der Waals surface area contributed by atoms with Gasteiger partial charge in [-0.05, 0) is 0 Å². The maximum Gasteiger partial charge on any atom is 0.309 e. The van der Waals surface area contributed by atoms with E-state index in [1.54, 1.807) is 0 Å². The highest BCUT2D eigenvalue weighted by Crippen LogP contribution is 1.31. The first-order chi connectivity index (χ1) is 2.73. The molecule has 0 aliphatic carbocycles. The van der Waals surface area contributed by atoms with E-state index in [0.29, 0.717) is 0 Å². The van der Waals surface area contributed by atoms with E-state index in [-0.39, 0.29) is 17.4 Å². The minimum absolute atomic E-state index is 0. The van der Waals surface area contributed by atoms with Gasteiger partial charge in [0.25, 0.3) is 0 Å². The van der Waals surface area contributed by atoms with Gasteiger partial charge in [0.05, 0.1) is 11.9 Å². The summed E-state index contributed by atoms with van der Waals surface area (Å²) < 4.78 is 6.47. The lowest BCUT2D eigenvalue weighted by molar-refractivity contribution is 0.256. The molecular weight excluding hydrogens is 134 g/mol. The van der Waals surface area contributed by atoms with Crippen LogP contribution in [0.4, 0.5) is 4.79 Å². The zero-order chi connectivity index (χ0) is 5.58. The van der Waals surface area contributed by atoms with Gasteiger partial charge < -0.3 is 11.5 Å². The van der Waals surface area contributed by atoms with Gasteiger partial charge in [-0.2, -0.15) is 0 Å². The molecular formula is CH5AlClN2O2. The van der Waals surface area contributed by atoms with Gasteiger partial charge in [-0.3, -0.25) is 4.66 Å². The van der Waals surface area contributed by atoms with Gasteiger partial charge in [0.2, 0.25) is 0 Å². The molecule has 0 saturated heterocycles. The van der Waals surface area contributed by atoms with Crippen molar-refractivity contribution in [1.29, 1.82) is 0 Å². The number of amides is 2. The summed E-state index contributed by atoms with van der Waals surface area (Å²) in [6.07, 6.45) is 0. The monoisotopic (exact) mass is 139 g/mol. The molecule has 5 N–H and O–H groups in total. The number of hydrogen-bond acceptors (Lipinski definition) is 2. The van der Waals surface area contributed by atoms with Crippen LogP contribution >= 0.6 is 11.9 Å². The van der Waals surface area contributed by atoms with Crippen molar-refractivity contribution < 1.29 is 9.45 Å². The minimum atomic E-state index is -0.833. The third-order valence-electron chi connectivity index (χ3n) is 0. The molecule has 0 aliphatic rings. The van der Waals surface area contributed by atoms with E-state index in [0.717, 1.165) is 0 Å². The molecule has 0 aromatic rings. The fourth-order valence-electron chi connectivity index (χ4n) is 0. The molecule has 0 saturated carbocycles. The maximum atomic E-state index is 9.00. The summed E-state index contributed by atoms with van der Waals surface area (Å²) >= 11 is 3.64. The molecule has 0 aromatic heterocycles. The summed E-state index contributed by atoms with van der Waals surface area (Å²) in [4.78, 5) is 9.00. The maximum absolute atomic E-state index is 9.00. The molecule has 7 heavy (non-hydrogen) atoms. The van der Waals surface area contributed by atoms with Gasteiger partial charge >= 0.3 is 6.03 Å². The topological polar surface area (TPSA) is 89.3 Å². The second-order valence-electron chi connectivity index (χ2n) is 0.402. The van der Waals surface area contributed by atoms with Crippen LogP contribution in [0, 0.1) is 0 Å². The van der Waals surface area contributed by atoms with E-state index in [2.05, 4.69) is 23.3 Å². The number of carbonyl (C=O) groups is 1. The van der Waals surface area contributed by atoms with E-state index in [4.69, 9.17) is 9.45 Å². The third-order valence-corrected chi connectivity index (χ3v) is 0. The Morgan fingerprint density at radius 2 is 1.43 bits per heavy atom.